The number of rotatable bonds is 4. The fourth-order valence-electron chi connectivity index (χ4n) is 2.12. The normalized spacial score (nSPS) is 11.8. The minimum absolute atomic E-state index is 0.0249. The van der Waals surface area contributed by atoms with E-state index >= 15 is 0 Å². The van der Waals surface area contributed by atoms with Crippen LogP contribution >= 0.6 is 11.6 Å². The summed E-state index contributed by atoms with van der Waals surface area (Å²) in [6, 6.07) is 13.2. The molecule has 0 aromatic heterocycles. The predicted molar refractivity (Wildman–Crippen MR) is 91.9 cm³/mol. The van der Waals surface area contributed by atoms with E-state index in [9.17, 15) is 13.7 Å². The largest absolute Gasteiger partial charge is 0.360 e. The van der Waals surface area contributed by atoms with Crippen molar-refractivity contribution in [3.8, 4) is 6.07 Å². The summed E-state index contributed by atoms with van der Waals surface area (Å²) < 4.78 is 24.9. The molecule has 4 nitrogen and oxygen atoms in total. The number of hydrogen-bond donors (Lipinski definition) is 1. The lowest BCUT2D eigenvalue weighted by molar-refractivity contribution is 0.603. The van der Waals surface area contributed by atoms with Gasteiger partial charge in [-0.25, -0.2) is 8.42 Å². The lowest BCUT2D eigenvalue weighted by Crippen LogP contribution is -2.05. The first-order valence-electron chi connectivity index (χ1n) is 6.78. The third-order valence-corrected chi connectivity index (χ3v) is 5.05. The van der Waals surface area contributed by atoms with Gasteiger partial charge in [0.15, 0.2) is 4.91 Å². The van der Waals surface area contributed by atoms with Crippen molar-refractivity contribution in [3.63, 3.8) is 0 Å². The number of hydrogen-bond acceptors (Lipinski definition) is 4. The molecule has 2 aromatic carbocycles. The van der Waals surface area contributed by atoms with Crippen molar-refractivity contribution in [2.45, 2.75) is 18.7 Å². The summed E-state index contributed by atoms with van der Waals surface area (Å²) in [6.45, 7) is 3.88. The second kappa shape index (κ2) is 6.86. The second-order valence-corrected chi connectivity index (χ2v) is 7.45. The van der Waals surface area contributed by atoms with Crippen LogP contribution in [0.1, 0.15) is 11.1 Å². The Morgan fingerprint density at radius 2 is 1.70 bits per heavy atom. The summed E-state index contributed by atoms with van der Waals surface area (Å²) in [5, 5.41) is 12.5. The van der Waals surface area contributed by atoms with Crippen molar-refractivity contribution in [2.24, 2.45) is 0 Å². The monoisotopic (exact) mass is 346 g/mol. The molecule has 0 saturated heterocycles. The Hall–Kier alpha value is -2.29. The molecule has 2 aromatic rings. The summed E-state index contributed by atoms with van der Waals surface area (Å²) in [4.78, 5) is -0.337. The topological polar surface area (TPSA) is 70.0 Å². The number of benzene rings is 2. The maximum Gasteiger partial charge on any atom is 0.218 e. The quantitative estimate of drug-likeness (QED) is 0.842. The average molecular weight is 347 g/mol. The van der Waals surface area contributed by atoms with Crippen LogP contribution in [-0.4, -0.2) is 8.42 Å². The van der Waals surface area contributed by atoms with Gasteiger partial charge in [0.25, 0.3) is 0 Å². The van der Waals surface area contributed by atoms with E-state index in [4.69, 9.17) is 11.6 Å². The predicted octanol–water partition coefficient (Wildman–Crippen LogP) is 4.21. The van der Waals surface area contributed by atoms with Crippen molar-refractivity contribution in [2.75, 3.05) is 5.32 Å². The van der Waals surface area contributed by atoms with Gasteiger partial charge in [-0.05, 0) is 61.4 Å². The van der Waals surface area contributed by atoms with Crippen LogP contribution in [0.3, 0.4) is 0 Å². The Balaban J connectivity index is 2.35. The zero-order chi connectivity index (χ0) is 17.0. The number of nitrogens with one attached hydrogen (secondary N) is 1. The third kappa shape index (κ3) is 4.13. The van der Waals surface area contributed by atoms with Gasteiger partial charge in [0.1, 0.15) is 6.07 Å². The second-order valence-electron chi connectivity index (χ2n) is 5.10. The fourth-order valence-corrected chi connectivity index (χ4v) is 3.33. The summed E-state index contributed by atoms with van der Waals surface area (Å²) in [5.41, 5.74) is 2.81. The summed E-state index contributed by atoms with van der Waals surface area (Å²) in [6.07, 6.45) is 1.21. The van der Waals surface area contributed by atoms with Gasteiger partial charge in [-0.15, -0.1) is 0 Å². The smallest absolute Gasteiger partial charge is 0.218 e. The first kappa shape index (κ1) is 17.1. The Labute approximate surface area is 140 Å². The van der Waals surface area contributed by atoms with Crippen LogP contribution in [0.4, 0.5) is 5.69 Å². The van der Waals surface area contributed by atoms with Crippen LogP contribution in [-0.2, 0) is 9.84 Å². The highest BCUT2D eigenvalue weighted by molar-refractivity contribution is 7.95. The van der Waals surface area contributed by atoms with Crippen molar-refractivity contribution in [1.29, 1.82) is 5.26 Å². The SMILES string of the molecule is Cc1cc(C)cc(NC=C(C#N)S(=O)(=O)c2ccc(Cl)cc2)c1. The molecule has 0 radical (unpaired) electrons. The lowest BCUT2D eigenvalue weighted by atomic mass is 10.1. The maximum absolute atomic E-state index is 12.5. The summed E-state index contributed by atoms with van der Waals surface area (Å²) in [5.74, 6) is 0. The number of anilines is 1. The highest BCUT2D eigenvalue weighted by Gasteiger charge is 2.20. The van der Waals surface area contributed by atoms with Gasteiger partial charge >= 0.3 is 0 Å². The van der Waals surface area contributed by atoms with E-state index in [1.165, 1.54) is 30.5 Å². The zero-order valence-corrected chi connectivity index (χ0v) is 14.2. The molecule has 0 unspecified atom stereocenters. The van der Waals surface area contributed by atoms with Crippen LogP contribution in [0.15, 0.2) is 58.5 Å². The Kier molecular flexibility index (Phi) is 5.09. The number of halogens is 1. The van der Waals surface area contributed by atoms with Gasteiger partial charge < -0.3 is 5.32 Å². The molecule has 2 rings (SSSR count). The number of allylic oxidation sites excluding steroid dienone is 1. The Morgan fingerprint density at radius 3 is 2.22 bits per heavy atom. The number of nitrogens with zero attached hydrogens (tertiary/aromatic N) is 1. The number of aryl methyl sites for hydroxylation is 2. The van der Waals surface area contributed by atoms with Crippen molar-refractivity contribution in [3.05, 3.63) is 69.7 Å². The summed E-state index contributed by atoms with van der Waals surface area (Å²) in [7, 11) is -3.88. The average Bonchev–Trinajstić information content (AvgIpc) is 2.47. The van der Waals surface area contributed by atoms with Crippen LogP contribution in [0, 0.1) is 25.2 Å². The van der Waals surface area contributed by atoms with Gasteiger partial charge in [0.05, 0.1) is 4.90 Å². The lowest BCUT2D eigenvalue weighted by Gasteiger charge is -2.07. The van der Waals surface area contributed by atoms with Gasteiger partial charge in [-0.1, -0.05) is 17.7 Å². The van der Waals surface area contributed by atoms with E-state index in [1.807, 2.05) is 32.0 Å². The highest BCUT2D eigenvalue weighted by Crippen LogP contribution is 2.21. The molecule has 0 saturated carbocycles. The maximum atomic E-state index is 12.5. The van der Waals surface area contributed by atoms with Crippen LogP contribution in [0.5, 0.6) is 0 Å². The van der Waals surface area contributed by atoms with E-state index in [2.05, 4.69) is 5.32 Å². The molecule has 0 heterocycles. The number of sulfone groups is 1. The number of nitriles is 1. The van der Waals surface area contributed by atoms with E-state index in [0.29, 0.717) is 5.02 Å². The van der Waals surface area contributed by atoms with Crippen LogP contribution in [0.2, 0.25) is 5.02 Å². The van der Waals surface area contributed by atoms with Crippen molar-refractivity contribution in [1.82, 2.24) is 0 Å². The molecule has 0 aliphatic heterocycles. The molecule has 0 aliphatic rings. The molecule has 118 valence electrons. The Bertz CT molecular complexity index is 875. The standard InChI is InChI=1S/C17H15ClN2O2S/c1-12-7-13(2)9-15(8-12)20-11-17(10-19)23(21,22)16-5-3-14(18)4-6-16/h3-9,11,20H,1-2H3. The van der Waals surface area contributed by atoms with E-state index in [0.717, 1.165) is 16.8 Å². The molecule has 23 heavy (non-hydrogen) atoms. The summed E-state index contributed by atoms with van der Waals surface area (Å²) >= 11 is 5.76. The molecule has 0 aliphatic carbocycles. The third-order valence-electron chi connectivity index (χ3n) is 3.12. The minimum Gasteiger partial charge on any atom is -0.360 e. The van der Waals surface area contributed by atoms with E-state index in [-0.39, 0.29) is 9.80 Å². The molecule has 0 atom stereocenters. The van der Waals surface area contributed by atoms with Gasteiger partial charge in [-0.3, -0.25) is 0 Å². The van der Waals surface area contributed by atoms with Crippen molar-refractivity contribution < 1.29 is 8.42 Å². The molecule has 0 fully saturated rings. The van der Waals surface area contributed by atoms with Gasteiger partial charge in [0.2, 0.25) is 9.84 Å². The Morgan fingerprint density at radius 1 is 1.13 bits per heavy atom. The van der Waals surface area contributed by atoms with Crippen LogP contribution < -0.4 is 5.32 Å². The molecule has 0 amide bonds. The molecule has 6 heteroatoms. The fraction of sp³-hybridized carbons (Fsp3) is 0.118. The molecular weight excluding hydrogens is 332 g/mol. The van der Waals surface area contributed by atoms with Gasteiger partial charge in [-0.2, -0.15) is 5.26 Å². The molecular formula is C17H15ClN2O2S. The van der Waals surface area contributed by atoms with E-state index in [1.54, 1.807) is 6.07 Å². The highest BCUT2D eigenvalue weighted by atomic mass is 35.5. The molecule has 1 N–H and O–H groups in total. The van der Waals surface area contributed by atoms with Crippen LogP contribution in [0.25, 0.3) is 0 Å². The molecule has 0 spiro atoms. The first-order valence-corrected chi connectivity index (χ1v) is 8.65. The van der Waals surface area contributed by atoms with Crippen molar-refractivity contribution >= 4 is 27.1 Å². The van der Waals surface area contributed by atoms with E-state index < -0.39 is 9.84 Å². The first-order chi connectivity index (χ1) is 10.8. The van der Waals surface area contributed by atoms with Gasteiger partial charge in [0, 0.05) is 16.9 Å². The zero-order valence-electron chi connectivity index (χ0n) is 12.7. The minimum atomic E-state index is -3.88. The molecule has 0 bridgehead atoms.